The molecule has 0 atom stereocenters. The molecule has 2 aromatic rings. The number of carbonyl (C=O) groups excluding carboxylic acids is 2. The topological polar surface area (TPSA) is 55.8 Å². The first-order valence-corrected chi connectivity index (χ1v) is 9.46. The number of carbonyl (C=O) groups is 2. The van der Waals surface area contributed by atoms with Gasteiger partial charge in [0.1, 0.15) is 18.1 Å². The lowest BCUT2D eigenvalue weighted by Gasteiger charge is -2.13. The number of benzene rings is 2. The van der Waals surface area contributed by atoms with Crippen LogP contribution < -0.4 is 9.47 Å². The number of nitrogens with zero attached hydrogens (tertiary/aromatic N) is 1. The predicted octanol–water partition coefficient (Wildman–Crippen LogP) is 4.77. The van der Waals surface area contributed by atoms with Crippen LogP contribution in [-0.4, -0.2) is 36.3 Å². The zero-order valence-electron chi connectivity index (χ0n) is 14.9. The second-order valence-electron chi connectivity index (χ2n) is 5.89. The van der Waals surface area contributed by atoms with Crippen LogP contribution in [0.1, 0.15) is 11.1 Å². The number of ether oxygens (including phenoxy) is 2. The number of halogens is 1. The smallest absolute Gasteiger partial charge is 0.293 e. The number of thioether (sulfide) groups is 1. The highest BCUT2D eigenvalue weighted by atomic mass is 35.5. The predicted molar refractivity (Wildman–Crippen MR) is 107 cm³/mol. The van der Waals surface area contributed by atoms with Crippen LogP contribution in [0.5, 0.6) is 11.5 Å². The monoisotopic (exact) mass is 403 g/mol. The maximum atomic E-state index is 12.5. The van der Waals surface area contributed by atoms with E-state index in [1.807, 2.05) is 31.2 Å². The summed E-state index contributed by atoms with van der Waals surface area (Å²) in [5.74, 6) is 0.936. The SMILES string of the molecule is COc1ccc(/C=C2\SC(=O)N(CCOc3cccc(C)c3)C2=O)cc1Cl. The van der Waals surface area contributed by atoms with Crippen molar-refractivity contribution in [2.75, 3.05) is 20.3 Å². The van der Waals surface area contributed by atoms with Gasteiger partial charge in [-0.3, -0.25) is 14.5 Å². The zero-order valence-corrected chi connectivity index (χ0v) is 16.5. The second-order valence-corrected chi connectivity index (χ2v) is 7.29. The van der Waals surface area contributed by atoms with Gasteiger partial charge < -0.3 is 9.47 Å². The molecule has 3 rings (SSSR count). The van der Waals surface area contributed by atoms with Crippen molar-refractivity contribution in [1.82, 2.24) is 4.90 Å². The van der Waals surface area contributed by atoms with Crippen LogP contribution in [0.15, 0.2) is 47.4 Å². The molecular weight excluding hydrogens is 386 g/mol. The van der Waals surface area contributed by atoms with Gasteiger partial charge in [0, 0.05) is 0 Å². The summed E-state index contributed by atoms with van der Waals surface area (Å²) in [6, 6.07) is 12.8. The number of hydrogen-bond acceptors (Lipinski definition) is 5. The normalized spacial score (nSPS) is 15.5. The van der Waals surface area contributed by atoms with E-state index in [-0.39, 0.29) is 24.3 Å². The quantitative estimate of drug-likeness (QED) is 0.650. The van der Waals surface area contributed by atoms with E-state index in [9.17, 15) is 9.59 Å². The molecule has 2 aromatic carbocycles. The fourth-order valence-electron chi connectivity index (χ4n) is 2.58. The Hall–Kier alpha value is -2.44. The Morgan fingerprint density at radius 2 is 2.00 bits per heavy atom. The fraction of sp³-hybridized carbons (Fsp3) is 0.200. The molecule has 2 amide bonds. The molecule has 0 bridgehead atoms. The number of rotatable bonds is 6. The number of hydrogen-bond donors (Lipinski definition) is 0. The van der Waals surface area contributed by atoms with Crippen molar-refractivity contribution >= 4 is 40.6 Å². The van der Waals surface area contributed by atoms with Crippen molar-refractivity contribution in [3.05, 3.63) is 63.5 Å². The number of aryl methyl sites for hydroxylation is 1. The molecule has 0 N–H and O–H groups in total. The van der Waals surface area contributed by atoms with Crippen molar-refractivity contribution < 1.29 is 19.1 Å². The zero-order chi connectivity index (χ0) is 19.4. The number of methoxy groups -OCH3 is 1. The Morgan fingerprint density at radius 1 is 1.19 bits per heavy atom. The van der Waals surface area contributed by atoms with Crippen LogP contribution in [0.3, 0.4) is 0 Å². The summed E-state index contributed by atoms with van der Waals surface area (Å²) < 4.78 is 10.7. The van der Waals surface area contributed by atoms with E-state index in [0.717, 1.165) is 22.9 Å². The van der Waals surface area contributed by atoms with Gasteiger partial charge in [0.25, 0.3) is 11.1 Å². The van der Waals surface area contributed by atoms with Gasteiger partial charge in [0.15, 0.2) is 0 Å². The molecular formula is C20H18ClNO4S. The van der Waals surface area contributed by atoms with Crippen LogP contribution in [0, 0.1) is 6.92 Å². The Morgan fingerprint density at radius 3 is 2.70 bits per heavy atom. The summed E-state index contributed by atoms with van der Waals surface area (Å²) in [6.07, 6.45) is 1.65. The lowest BCUT2D eigenvalue weighted by molar-refractivity contribution is -0.123. The maximum Gasteiger partial charge on any atom is 0.293 e. The van der Waals surface area contributed by atoms with E-state index < -0.39 is 0 Å². The van der Waals surface area contributed by atoms with E-state index in [1.54, 1.807) is 24.3 Å². The first-order valence-electron chi connectivity index (χ1n) is 8.26. The summed E-state index contributed by atoms with van der Waals surface area (Å²) in [5, 5.41) is 0.135. The second kappa shape index (κ2) is 8.50. The Balaban J connectivity index is 1.65. The number of imide groups is 1. The molecule has 7 heteroatoms. The first kappa shape index (κ1) is 19.3. The largest absolute Gasteiger partial charge is 0.495 e. The molecule has 1 heterocycles. The van der Waals surface area contributed by atoms with E-state index in [0.29, 0.717) is 21.4 Å². The molecule has 0 aromatic heterocycles. The fourth-order valence-corrected chi connectivity index (χ4v) is 3.71. The van der Waals surface area contributed by atoms with Crippen LogP contribution in [0.2, 0.25) is 5.02 Å². The average Bonchev–Trinajstić information content (AvgIpc) is 2.89. The highest BCUT2D eigenvalue weighted by Gasteiger charge is 2.34. The van der Waals surface area contributed by atoms with Crippen molar-refractivity contribution in [3.8, 4) is 11.5 Å². The van der Waals surface area contributed by atoms with Gasteiger partial charge in [-0.1, -0.05) is 29.8 Å². The third-order valence-corrected chi connectivity index (χ3v) is 5.12. The molecule has 0 spiro atoms. The molecule has 1 aliphatic heterocycles. The van der Waals surface area contributed by atoms with E-state index >= 15 is 0 Å². The summed E-state index contributed by atoms with van der Waals surface area (Å²) in [7, 11) is 1.53. The average molecular weight is 404 g/mol. The van der Waals surface area contributed by atoms with Gasteiger partial charge in [-0.25, -0.2) is 0 Å². The number of amides is 2. The van der Waals surface area contributed by atoms with Crippen LogP contribution in [0.25, 0.3) is 6.08 Å². The van der Waals surface area contributed by atoms with Crippen LogP contribution in [-0.2, 0) is 4.79 Å². The first-order chi connectivity index (χ1) is 13.0. The third kappa shape index (κ3) is 4.64. The Labute approximate surface area is 166 Å². The summed E-state index contributed by atoms with van der Waals surface area (Å²) in [6.45, 7) is 2.40. The minimum absolute atomic E-state index is 0.194. The standard InChI is InChI=1S/C20H18ClNO4S/c1-13-4-3-5-15(10-13)26-9-8-22-19(23)18(27-20(22)24)12-14-6-7-17(25-2)16(21)11-14/h3-7,10-12H,8-9H2,1-2H3/b18-12-. The van der Waals surface area contributed by atoms with Gasteiger partial charge >= 0.3 is 0 Å². The lowest BCUT2D eigenvalue weighted by atomic mass is 10.2. The summed E-state index contributed by atoms with van der Waals surface area (Å²) >= 11 is 7.02. The molecule has 1 aliphatic rings. The lowest BCUT2D eigenvalue weighted by Crippen LogP contribution is -2.32. The minimum atomic E-state index is -0.329. The summed E-state index contributed by atoms with van der Waals surface area (Å²) in [4.78, 5) is 26.3. The summed E-state index contributed by atoms with van der Waals surface area (Å²) in [5.41, 5.74) is 1.81. The molecule has 5 nitrogen and oxygen atoms in total. The molecule has 140 valence electrons. The van der Waals surface area contributed by atoms with Gasteiger partial charge in [-0.2, -0.15) is 0 Å². The van der Waals surface area contributed by atoms with Crippen molar-refractivity contribution in [1.29, 1.82) is 0 Å². The molecule has 0 radical (unpaired) electrons. The maximum absolute atomic E-state index is 12.5. The van der Waals surface area contributed by atoms with Gasteiger partial charge in [0.2, 0.25) is 0 Å². The minimum Gasteiger partial charge on any atom is -0.495 e. The molecule has 27 heavy (non-hydrogen) atoms. The highest BCUT2D eigenvalue weighted by molar-refractivity contribution is 8.18. The van der Waals surface area contributed by atoms with Crippen molar-refractivity contribution in [3.63, 3.8) is 0 Å². The van der Waals surface area contributed by atoms with Crippen molar-refractivity contribution in [2.24, 2.45) is 0 Å². The van der Waals surface area contributed by atoms with Gasteiger partial charge in [0.05, 0.1) is 23.6 Å². The van der Waals surface area contributed by atoms with Crippen LogP contribution >= 0.6 is 23.4 Å². The van der Waals surface area contributed by atoms with E-state index in [4.69, 9.17) is 21.1 Å². The Kier molecular flexibility index (Phi) is 6.08. The molecule has 1 fully saturated rings. The molecule has 0 saturated carbocycles. The third-order valence-electron chi connectivity index (χ3n) is 3.92. The van der Waals surface area contributed by atoms with Crippen molar-refractivity contribution in [2.45, 2.75) is 6.92 Å². The highest BCUT2D eigenvalue weighted by Crippen LogP contribution is 2.33. The van der Waals surface area contributed by atoms with E-state index in [1.165, 1.54) is 12.0 Å². The van der Waals surface area contributed by atoms with Gasteiger partial charge in [-0.05, 0) is 60.2 Å². The molecule has 0 unspecified atom stereocenters. The van der Waals surface area contributed by atoms with Crippen LogP contribution in [0.4, 0.5) is 4.79 Å². The van der Waals surface area contributed by atoms with E-state index in [2.05, 4.69) is 0 Å². The van der Waals surface area contributed by atoms with Gasteiger partial charge in [-0.15, -0.1) is 0 Å². The molecule has 0 aliphatic carbocycles. The molecule has 1 saturated heterocycles. The Bertz CT molecular complexity index is 913.